The van der Waals surface area contributed by atoms with Crippen LogP contribution in [0.25, 0.3) is 0 Å². The maximum absolute atomic E-state index is 12.8. The quantitative estimate of drug-likeness (QED) is 0.452. The van der Waals surface area contributed by atoms with Crippen molar-refractivity contribution < 1.29 is 9.18 Å². The third-order valence-corrected chi connectivity index (χ3v) is 1.48. The molecule has 0 saturated heterocycles. The van der Waals surface area contributed by atoms with Crippen molar-refractivity contribution in [3.8, 4) is 0 Å². The molecule has 0 heterocycles. The van der Waals surface area contributed by atoms with Gasteiger partial charge in [0.1, 0.15) is 5.83 Å². The second-order valence-electron chi connectivity index (χ2n) is 2.16. The number of carbonyl (C=O) groups is 1. The number of halogens is 1. The molecule has 0 amide bonds. The van der Waals surface area contributed by atoms with Gasteiger partial charge < -0.3 is 0 Å². The first-order chi connectivity index (χ1) is 5.17. The lowest BCUT2D eigenvalue weighted by molar-refractivity contribution is -0.115. The van der Waals surface area contributed by atoms with Crippen molar-refractivity contribution in [1.29, 1.82) is 0 Å². The fraction of sp³-hybridized carbons (Fsp3) is 0.444. The van der Waals surface area contributed by atoms with Gasteiger partial charge in [0.15, 0.2) is 5.78 Å². The Hall–Kier alpha value is -0.920. The monoisotopic (exact) mass is 156 g/mol. The van der Waals surface area contributed by atoms with E-state index in [1.807, 2.05) is 0 Å². The topological polar surface area (TPSA) is 17.1 Å². The molecule has 0 aromatic carbocycles. The Morgan fingerprint density at radius 3 is 2.27 bits per heavy atom. The fourth-order valence-electron chi connectivity index (χ4n) is 0.836. The van der Waals surface area contributed by atoms with Crippen LogP contribution in [-0.2, 0) is 4.79 Å². The van der Waals surface area contributed by atoms with E-state index >= 15 is 0 Å². The van der Waals surface area contributed by atoms with E-state index in [0.717, 1.165) is 6.08 Å². The van der Waals surface area contributed by atoms with Crippen LogP contribution >= 0.6 is 0 Å². The van der Waals surface area contributed by atoms with E-state index in [9.17, 15) is 9.18 Å². The molecule has 0 aliphatic rings. The van der Waals surface area contributed by atoms with Gasteiger partial charge in [0.05, 0.1) is 0 Å². The van der Waals surface area contributed by atoms with E-state index in [0.29, 0.717) is 12.8 Å². The van der Waals surface area contributed by atoms with Crippen molar-refractivity contribution in [2.45, 2.75) is 26.7 Å². The van der Waals surface area contributed by atoms with Crippen molar-refractivity contribution in [3.63, 3.8) is 0 Å². The summed E-state index contributed by atoms with van der Waals surface area (Å²) in [5.74, 6) is -0.621. The number of allylic oxidation sites excluding steroid dienone is 3. The van der Waals surface area contributed by atoms with Crippen molar-refractivity contribution in [2.75, 3.05) is 0 Å². The molecule has 0 bridgehead atoms. The number of ketones is 1. The van der Waals surface area contributed by atoms with Gasteiger partial charge >= 0.3 is 0 Å². The van der Waals surface area contributed by atoms with E-state index in [4.69, 9.17) is 0 Å². The Morgan fingerprint density at radius 2 is 2.00 bits per heavy atom. The van der Waals surface area contributed by atoms with Crippen molar-refractivity contribution in [2.24, 2.45) is 0 Å². The molecule has 1 nitrogen and oxygen atoms in total. The summed E-state index contributed by atoms with van der Waals surface area (Å²) in [6, 6.07) is 0. The maximum Gasteiger partial charge on any atom is 0.161 e. The van der Waals surface area contributed by atoms with Gasteiger partial charge in [-0.2, -0.15) is 0 Å². The minimum atomic E-state index is -0.487. The first kappa shape index (κ1) is 10.1. The molecule has 0 aromatic rings. The van der Waals surface area contributed by atoms with Crippen molar-refractivity contribution in [1.82, 2.24) is 0 Å². The molecule has 0 saturated carbocycles. The molecule has 0 aromatic heterocycles. The molecule has 2 heteroatoms. The third-order valence-electron chi connectivity index (χ3n) is 1.48. The SMILES string of the molecule is C=C/C(F)=C(\CC)C(=O)CC. The molecule has 0 unspecified atom stereocenters. The highest BCUT2D eigenvalue weighted by atomic mass is 19.1. The third kappa shape index (κ3) is 2.66. The maximum atomic E-state index is 12.8. The standard InChI is InChI=1S/C9H13FO/c1-4-7(8(10)5-2)9(11)6-3/h5H,2,4,6H2,1,3H3/b8-7-. The smallest absolute Gasteiger partial charge is 0.161 e. The highest BCUT2D eigenvalue weighted by molar-refractivity contribution is 5.95. The fourth-order valence-corrected chi connectivity index (χ4v) is 0.836. The van der Waals surface area contributed by atoms with Gasteiger partial charge in [-0.15, -0.1) is 0 Å². The van der Waals surface area contributed by atoms with Gasteiger partial charge in [-0.25, -0.2) is 4.39 Å². The highest BCUT2D eigenvalue weighted by Crippen LogP contribution is 2.13. The summed E-state index contributed by atoms with van der Waals surface area (Å²) in [5, 5.41) is 0. The molecule has 11 heavy (non-hydrogen) atoms. The van der Waals surface area contributed by atoms with Crippen LogP contribution in [0.2, 0.25) is 0 Å². The first-order valence-corrected chi connectivity index (χ1v) is 3.71. The Morgan fingerprint density at radius 1 is 1.45 bits per heavy atom. The predicted octanol–water partition coefficient (Wildman–Crippen LogP) is 2.79. The number of carbonyl (C=O) groups excluding carboxylic acids is 1. The Balaban J connectivity index is 4.64. The normalized spacial score (nSPS) is 12.3. The van der Waals surface area contributed by atoms with Gasteiger partial charge in [-0.05, 0) is 12.5 Å². The van der Waals surface area contributed by atoms with Crippen LogP contribution in [0.4, 0.5) is 4.39 Å². The van der Waals surface area contributed by atoms with Gasteiger partial charge in [0.2, 0.25) is 0 Å². The minimum absolute atomic E-state index is 0.134. The summed E-state index contributed by atoms with van der Waals surface area (Å²) in [7, 11) is 0. The molecule has 0 aliphatic heterocycles. The lowest BCUT2D eigenvalue weighted by Gasteiger charge is -2.00. The summed E-state index contributed by atoms with van der Waals surface area (Å²) < 4.78 is 12.8. The minimum Gasteiger partial charge on any atom is -0.294 e. The van der Waals surface area contributed by atoms with Crippen molar-refractivity contribution in [3.05, 3.63) is 24.1 Å². The molecule has 0 N–H and O–H groups in total. The summed E-state index contributed by atoms with van der Waals surface area (Å²) in [5.41, 5.74) is 0.252. The van der Waals surface area contributed by atoms with Crippen LogP contribution in [0.15, 0.2) is 24.1 Å². The second-order valence-corrected chi connectivity index (χ2v) is 2.16. The van der Waals surface area contributed by atoms with E-state index < -0.39 is 5.83 Å². The van der Waals surface area contributed by atoms with Crippen LogP contribution < -0.4 is 0 Å². The molecule has 0 radical (unpaired) electrons. The lowest BCUT2D eigenvalue weighted by Crippen LogP contribution is -2.00. The number of hydrogen-bond acceptors (Lipinski definition) is 1. The van der Waals surface area contributed by atoms with E-state index in [2.05, 4.69) is 6.58 Å². The molecular formula is C9H13FO. The summed E-state index contributed by atoms with van der Waals surface area (Å²) in [6.45, 7) is 6.73. The van der Waals surface area contributed by atoms with Crippen LogP contribution in [0.5, 0.6) is 0 Å². The average molecular weight is 156 g/mol. The van der Waals surface area contributed by atoms with Gasteiger partial charge in [-0.3, -0.25) is 4.79 Å². The van der Waals surface area contributed by atoms with Crippen LogP contribution in [-0.4, -0.2) is 5.78 Å². The molecule has 0 atom stereocenters. The molecule has 0 spiro atoms. The highest BCUT2D eigenvalue weighted by Gasteiger charge is 2.08. The zero-order valence-electron chi connectivity index (χ0n) is 6.98. The Kier molecular flexibility index (Phi) is 4.42. The van der Waals surface area contributed by atoms with E-state index in [1.54, 1.807) is 13.8 Å². The molecule has 0 aliphatic carbocycles. The summed E-state index contributed by atoms with van der Waals surface area (Å²) >= 11 is 0. The molecule has 0 fully saturated rings. The van der Waals surface area contributed by atoms with E-state index in [-0.39, 0.29) is 11.4 Å². The first-order valence-electron chi connectivity index (χ1n) is 3.71. The average Bonchev–Trinajstić information content (AvgIpc) is 2.05. The van der Waals surface area contributed by atoms with E-state index in [1.165, 1.54) is 0 Å². The Bertz CT molecular complexity index is 192. The zero-order valence-corrected chi connectivity index (χ0v) is 6.98. The van der Waals surface area contributed by atoms with Gasteiger partial charge in [-0.1, -0.05) is 20.4 Å². The van der Waals surface area contributed by atoms with Crippen LogP contribution in [0.1, 0.15) is 26.7 Å². The van der Waals surface area contributed by atoms with Crippen LogP contribution in [0, 0.1) is 0 Å². The number of rotatable bonds is 4. The van der Waals surface area contributed by atoms with Crippen LogP contribution in [0.3, 0.4) is 0 Å². The van der Waals surface area contributed by atoms with Gasteiger partial charge in [0.25, 0.3) is 0 Å². The molecular weight excluding hydrogens is 143 g/mol. The largest absolute Gasteiger partial charge is 0.294 e. The number of hydrogen-bond donors (Lipinski definition) is 0. The zero-order chi connectivity index (χ0) is 8.85. The lowest BCUT2D eigenvalue weighted by atomic mass is 10.1. The van der Waals surface area contributed by atoms with Gasteiger partial charge in [0, 0.05) is 12.0 Å². The van der Waals surface area contributed by atoms with Crippen molar-refractivity contribution >= 4 is 5.78 Å². The number of Topliss-reactive ketones (excluding diaryl/α,β-unsaturated/α-hetero) is 1. The Labute approximate surface area is 66.6 Å². The summed E-state index contributed by atoms with van der Waals surface area (Å²) in [4.78, 5) is 11.0. The molecule has 62 valence electrons. The molecule has 0 rings (SSSR count). The second kappa shape index (κ2) is 4.83. The predicted molar refractivity (Wildman–Crippen MR) is 43.9 cm³/mol. The summed E-state index contributed by atoms with van der Waals surface area (Å²) in [6.07, 6.45) is 1.86.